The number of halogens is 1. The molecule has 1 aliphatic heterocycles. The molecular weight excluding hydrogens is 431 g/mol. The number of hydrogen-bond donors (Lipinski definition) is 0. The maximum atomic E-state index is 6.58. The fraction of sp³-hybridized carbons (Fsp3) is 0.579. The zero-order chi connectivity index (χ0) is 17.8. The van der Waals surface area contributed by atoms with Gasteiger partial charge in [-0.2, -0.15) is 0 Å². The summed E-state index contributed by atoms with van der Waals surface area (Å²) in [5, 5.41) is 0.210. The summed E-state index contributed by atoms with van der Waals surface area (Å²) >= 11 is 2.34. The van der Waals surface area contributed by atoms with E-state index < -0.39 is 8.32 Å². The molecule has 0 radical (unpaired) electrons. The number of benzene rings is 1. The molecule has 1 heterocycles. The molecule has 2 rings (SSSR count). The van der Waals surface area contributed by atoms with Crippen molar-refractivity contribution in [2.45, 2.75) is 64.1 Å². The van der Waals surface area contributed by atoms with Crippen LogP contribution in [0.25, 0.3) is 0 Å². The highest BCUT2D eigenvalue weighted by Crippen LogP contribution is 2.40. The van der Waals surface area contributed by atoms with Gasteiger partial charge in [0.25, 0.3) is 0 Å². The molecule has 1 aromatic carbocycles. The van der Waals surface area contributed by atoms with Crippen molar-refractivity contribution >= 4 is 30.9 Å². The van der Waals surface area contributed by atoms with Crippen LogP contribution in [0.5, 0.6) is 0 Å². The van der Waals surface area contributed by atoms with E-state index in [1.165, 1.54) is 5.56 Å². The minimum atomic E-state index is -1.79. The van der Waals surface area contributed by atoms with E-state index in [9.17, 15) is 0 Å². The maximum absolute atomic E-state index is 6.58. The van der Waals surface area contributed by atoms with Crippen LogP contribution >= 0.6 is 22.6 Å². The van der Waals surface area contributed by atoms with Crippen LogP contribution in [0.2, 0.25) is 18.1 Å². The molecule has 134 valence electrons. The van der Waals surface area contributed by atoms with Gasteiger partial charge in [0, 0.05) is 6.42 Å². The summed E-state index contributed by atoms with van der Waals surface area (Å²) < 4.78 is 19.4. The molecule has 0 saturated carbocycles. The molecule has 2 atom stereocenters. The quantitative estimate of drug-likeness (QED) is 0.405. The normalized spacial score (nSPS) is 22.0. The van der Waals surface area contributed by atoms with Crippen LogP contribution in [0.3, 0.4) is 0 Å². The Morgan fingerprint density at radius 3 is 2.50 bits per heavy atom. The first-order chi connectivity index (χ1) is 11.2. The molecule has 0 saturated heterocycles. The van der Waals surface area contributed by atoms with Crippen molar-refractivity contribution in [1.29, 1.82) is 0 Å². The molecular formula is C19H29IO3Si. The highest BCUT2D eigenvalue weighted by molar-refractivity contribution is 14.1. The minimum Gasteiger partial charge on any atom is -0.495 e. The smallest absolute Gasteiger partial charge is 0.192 e. The van der Waals surface area contributed by atoms with Gasteiger partial charge in [-0.15, -0.1) is 0 Å². The van der Waals surface area contributed by atoms with Gasteiger partial charge in [0.05, 0.1) is 29.2 Å². The van der Waals surface area contributed by atoms with Crippen LogP contribution in [0.15, 0.2) is 40.2 Å². The average molecular weight is 460 g/mol. The van der Waals surface area contributed by atoms with E-state index in [2.05, 4.69) is 68.6 Å². The summed E-state index contributed by atoms with van der Waals surface area (Å²) in [4.78, 5) is 0. The molecule has 0 fully saturated rings. The van der Waals surface area contributed by atoms with Crippen LogP contribution in [0.4, 0.5) is 0 Å². The molecule has 5 heteroatoms. The van der Waals surface area contributed by atoms with Gasteiger partial charge in [-0.25, -0.2) is 0 Å². The van der Waals surface area contributed by atoms with Crippen molar-refractivity contribution in [3.63, 3.8) is 0 Å². The third-order valence-corrected chi connectivity index (χ3v) is 10.3. The van der Waals surface area contributed by atoms with Gasteiger partial charge in [-0.1, -0.05) is 51.1 Å². The lowest BCUT2D eigenvalue weighted by atomic mass is 10.1. The van der Waals surface area contributed by atoms with Crippen molar-refractivity contribution in [2.24, 2.45) is 0 Å². The van der Waals surface area contributed by atoms with Crippen molar-refractivity contribution in [3.8, 4) is 0 Å². The molecule has 0 amide bonds. The Balaban J connectivity index is 1.87. The lowest BCUT2D eigenvalue weighted by Gasteiger charge is -2.41. The van der Waals surface area contributed by atoms with Gasteiger partial charge < -0.3 is 13.9 Å². The Morgan fingerprint density at radius 1 is 1.21 bits per heavy atom. The summed E-state index contributed by atoms with van der Waals surface area (Å²) in [7, 11) is -1.79. The van der Waals surface area contributed by atoms with Crippen molar-refractivity contribution in [3.05, 3.63) is 45.7 Å². The third kappa shape index (κ3) is 5.57. The first kappa shape index (κ1) is 19.9. The van der Waals surface area contributed by atoms with Crippen LogP contribution in [-0.2, 0) is 20.5 Å². The number of hydrogen-bond acceptors (Lipinski definition) is 3. The van der Waals surface area contributed by atoms with Gasteiger partial charge in [-0.05, 0) is 46.3 Å². The van der Waals surface area contributed by atoms with E-state index in [1.54, 1.807) is 0 Å². The average Bonchev–Trinajstić information content (AvgIpc) is 2.50. The second kappa shape index (κ2) is 8.34. The largest absolute Gasteiger partial charge is 0.495 e. The topological polar surface area (TPSA) is 27.7 Å². The van der Waals surface area contributed by atoms with Crippen molar-refractivity contribution in [1.82, 2.24) is 0 Å². The molecule has 1 unspecified atom stereocenters. The minimum absolute atomic E-state index is 0.0574. The van der Waals surface area contributed by atoms with Gasteiger partial charge in [0.1, 0.15) is 6.10 Å². The Kier molecular flexibility index (Phi) is 6.93. The summed E-state index contributed by atoms with van der Waals surface area (Å²) in [5.41, 5.74) is 1.19. The first-order valence-electron chi connectivity index (χ1n) is 8.49. The highest BCUT2D eigenvalue weighted by Gasteiger charge is 2.41. The maximum Gasteiger partial charge on any atom is 0.192 e. The van der Waals surface area contributed by atoms with Crippen LogP contribution in [-0.4, -0.2) is 27.1 Å². The fourth-order valence-electron chi connectivity index (χ4n) is 2.27. The van der Waals surface area contributed by atoms with Crippen LogP contribution in [0.1, 0.15) is 32.8 Å². The molecule has 0 N–H and O–H groups in total. The van der Waals surface area contributed by atoms with E-state index >= 15 is 0 Å². The predicted molar refractivity (Wildman–Crippen MR) is 110 cm³/mol. The summed E-state index contributed by atoms with van der Waals surface area (Å²) in [6.07, 6.45) is 2.89. The van der Waals surface area contributed by atoms with Crippen molar-refractivity contribution in [2.75, 3.05) is 6.61 Å². The Hall–Kier alpha value is -0.373. The third-order valence-electron chi connectivity index (χ3n) is 4.82. The molecule has 3 nitrogen and oxygen atoms in total. The second-order valence-electron chi connectivity index (χ2n) is 7.86. The van der Waals surface area contributed by atoms with E-state index in [-0.39, 0.29) is 17.2 Å². The van der Waals surface area contributed by atoms with E-state index in [4.69, 9.17) is 13.9 Å². The molecule has 0 aliphatic carbocycles. The zero-order valence-electron chi connectivity index (χ0n) is 15.3. The second-order valence-corrected chi connectivity index (χ2v) is 13.9. The Morgan fingerprint density at radius 2 is 1.88 bits per heavy atom. The number of rotatable bonds is 6. The highest BCUT2D eigenvalue weighted by atomic mass is 127. The van der Waals surface area contributed by atoms with Gasteiger partial charge in [-0.3, -0.25) is 0 Å². The fourth-order valence-corrected chi connectivity index (χ4v) is 4.33. The monoisotopic (exact) mass is 460 g/mol. The van der Waals surface area contributed by atoms with Gasteiger partial charge in [0.2, 0.25) is 0 Å². The van der Waals surface area contributed by atoms with E-state index in [1.807, 2.05) is 24.5 Å². The molecule has 1 aromatic rings. The first-order valence-corrected chi connectivity index (χ1v) is 12.5. The van der Waals surface area contributed by atoms with Gasteiger partial charge in [0.15, 0.2) is 8.32 Å². The van der Waals surface area contributed by atoms with Crippen LogP contribution in [0, 0.1) is 0 Å². The lowest BCUT2D eigenvalue weighted by molar-refractivity contribution is -0.00973. The Labute approximate surface area is 161 Å². The number of ether oxygens (including phenoxy) is 2. The van der Waals surface area contributed by atoms with E-state index in [0.29, 0.717) is 13.2 Å². The van der Waals surface area contributed by atoms with Gasteiger partial charge >= 0.3 is 0 Å². The molecule has 1 aliphatic rings. The summed E-state index contributed by atoms with van der Waals surface area (Å²) in [6.45, 7) is 12.6. The SMILES string of the molecule is CC(C)(C)[Si](C)(C)O[C@@H]1CC(COCc2ccccc2)OC=C1I. The molecule has 0 aromatic heterocycles. The molecule has 24 heavy (non-hydrogen) atoms. The van der Waals surface area contributed by atoms with Crippen LogP contribution < -0.4 is 0 Å². The van der Waals surface area contributed by atoms with Crippen molar-refractivity contribution < 1.29 is 13.9 Å². The summed E-state index contributed by atoms with van der Waals surface area (Å²) in [5.74, 6) is 0. The standard InChI is InChI=1S/C19H29IO3Si/c1-19(2,3)24(4,5)23-18-11-16(22-14-17(18)20)13-21-12-15-9-7-6-8-10-15/h6-10,14,16,18H,11-13H2,1-5H3/t16?,18-/m1/s1. The predicted octanol–water partition coefficient (Wildman–Crippen LogP) is 5.66. The lowest BCUT2D eigenvalue weighted by Crippen LogP contribution is -2.45. The molecule has 0 bridgehead atoms. The zero-order valence-corrected chi connectivity index (χ0v) is 18.5. The summed E-state index contributed by atoms with van der Waals surface area (Å²) in [6, 6.07) is 10.2. The van der Waals surface area contributed by atoms with E-state index in [0.717, 1.165) is 10.0 Å². The Bertz CT molecular complexity index is 551. The molecule has 0 spiro atoms.